The Kier molecular flexibility index (Phi) is 4.40. The second-order valence-corrected chi connectivity index (χ2v) is 7.45. The second kappa shape index (κ2) is 6.22. The molecule has 2 aliphatic heterocycles. The topological polar surface area (TPSA) is 84.5 Å². The van der Waals surface area contributed by atoms with Crippen LogP contribution in [0.3, 0.4) is 0 Å². The van der Waals surface area contributed by atoms with Crippen molar-refractivity contribution in [3.05, 3.63) is 40.2 Å². The summed E-state index contributed by atoms with van der Waals surface area (Å²) < 4.78 is 2.01. The summed E-state index contributed by atoms with van der Waals surface area (Å²) in [6.07, 6.45) is 1.70. The van der Waals surface area contributed by atoms with Crippen molar-refractivity contribution in [3.63, 3.8) is 0 Å². The highest BCUT2D eigenvalue weighted by Crippen LogP contribution is 2.47. The number of carbonyl (C=O) groups is 2. The molecule has 2 aliphatic rings. The Morgan fingerprint density at radius 3 is 2.83 bits per heavy atom. The fraction of sp³-hybridized carbons (Fsp3) is 0.471. The summed E-state index contributed by atoms with van der Waals surface area (Å²) >= 11 is 1.42. The van der Waals surface area contributed by atoms with Gasteiger partial charge < -0.3 is 19.9 Å². The maximum atomic E-state index is 12.1. The molecule has 0 spiro atoms. The lowest BCUT2D eigenvalue weighted by Crippen LogP contribution is -2.62. The second-order valence-electron chi connectivity index (χ2n) is 6.38. The predicted octanol–water partition coefficient (Wildman–Crippen LogP) is -0.374. The molecule has 0 unspecified atom stereocenters. The number of aliphatic hydroxyl groups excluding tert-OH is 1. The molecule has 128 valence electrons. The molecule has 7 heteroatoms. The van der Waals surface area contributed by atoms with Crippen LogP contribution in [-0.4, -0.2) is 34.0 Å². The van der Waals surface area contributed by atoms with Crippen LogP contribution in [0, 0.1) is 12.8 Å². The standard InChI is InChI=1S/C17H20N2O4S/c1-9-4-5-11(7-18(9)3)8-24-13-6-12-14(10(2)20)16(21)19(12)15(13)17(22)23/h4-5,7,10,12,14,20H,6,8H2,1-3H3/t10-,12-,14-/m1/s1. The van der Waals surface area contributed by atoms with Crippen LogP contribution in [0.25, 0.3) is 0 Å². The van der Waals surface area contributed by atoms with E-state index in [0.717, 1.165) is 11.3 Å². The smallest absolute Gasteiger partial charge is 0.235 e. The van der Waals surface area contributed by atoms with Crippen LogP contribution in [0.15, 0.2) is 28.9 Å². The molecular weight excluding hydrogens is 328 g/mol. The number of aryl methyl sites for hydroxylation is 2. The molecule has 3 atom stereocenters. The van der Waals surface area contributed by atoms with E-state index in [2.05, 4.69) is 0 Å². The number of aliphatic carboxylic acids is 1. The maximum absolute atomic E-state index is 12.1. The summed E-state index contributed by atoms with van der Waals surface area (Å²) in [4.78, 5) is 25.6. The van der Waals surface area contributed by atoms with Crippen LogP contribution in [-0.2, 0) is 22.4 Å². The first-order valence-electron chi connectivity index (χ1n) is 7.85. The number of carboxylic acids is 1. The van der Waals surface area contributed by atoms with Crippen LogP contribution in [0.4, 0.5) is 0 Å². The zero-order valence-corrected chi connectivity index (χ0v) is 14.7. The Balaban J connectivity index is 1.78. The zero-order chi connectivity index (χ0) is 17.6. The Hall–Kier alpha value is -1.86. The lowest BCUT2D eigenvalue weighted by atomic mass is 9.83. The molecule has 0 aliphatic carbocycles. The SMILES string of the molecule is Cc1ccc(CSC2=C(C(=O)[O-])N3C(=O)[C@H]([C@@H](C)O)[C@H]3C2)c[n+]1C. The molecule has 0 saturated carbocycles. The lowest BCUT2D eigenvalue weighted by Gasteiger charge is -2.45. The van der Waals surface area contributed by atoms with Gasteiger partial charge in [0.1, 0.15) is 7.05 Å². The van der Waals surface area contributed by atoms with Gasteiger partial charge in [-0.1, -0.05) is 0 Å². The van der Waals surface area contributed by atoms with Gasteiger partial charge in [-0.3, -0.25) is 4.79 Å². The molecule has 1 fully saturated rings. The minimum atomic E-state index is -1.33. The Labute approximate surface area is 144 Å². The molecule has 1 N–H and O–H groups in total. The lowest BCUT2D eigenvalue weighted by molar-refractivity contribution is -0.678. The van der Waals surface area contributed by atoms with Crippen LogP contribution in [0.2, 0.25) is 0 Å². The number of thioether (sulfide) groups is 1. The number of carboxylic acid groups (broad SMARTS) is 1. The van der Waals surface area contributed by atoms with Crippen LogP contribution < -0.4 is 9.67 Å². The Morgan fingerprint density at radius 2 is 2.25 bits per heavy atom. The number of fused-ring (bicyclic) bond motifs is 1. The third kappa shape index (κ3) is 2.71. The molecule has 0 radical (unpaired) electrons. The molecule has 0 bridgehead atoms. The number of carbonyl (C=O) groups excluding carboxylic acids is 2. The summed E-state index contributed by atoms with van der Waals surface area (Å²) in [6, 6.07) is 3.76. The summed E-state index contributed by atoms with van der Waals surface area (Å²) in [7, 11) is 1.96. The first-order chi connectivity index (χ1) is 11.3. The molecular formula is C17H20N2O4S. The third-order valence-electron chi connectivity index (χ3n) is 4.75. The summed E-state index contributed by atoms with van der Waals surface area (Å²) in [5.74, 6) is -1.55. The summed E-state index contributed by atoms with van der Waals surface area (Å²) in [5.41, 5.74) is 2.18. The van der Waals surface area contributed by atoms with Crippen LogP contribution in [0.5, 0.6) is 0 Å². The van der Waals surface area contributed by atoms with E-state index in [1.807, 2.05) is 36.9 Å². The highest BCUT2D eigenvalue weighted by atomic mass is 32.2. The van der Waals surface area contributed by atoms with Gasteiger partial charge in [0.05, 0.1) is 29.7 Å². The highest BCUT2D eigenvalue weighted by molar-refractivity contribution is 8.02. The molecule has 3 rings (SSSR count). The van der Waals surface area contributed by atoms with Crippen molar-refractivity contribution in [1.29, 1.82) is 0 Å². The van der Waals surface area contributed by atoms with E-state index in [9.17, 15) is 19.8 Å². The van der Waals surface area contributed by atoms with E-state index in [4.69, 9.17) is 0 Å². The van der Waals surface area contributed by atoms with Crippen LogP contribution >= 0.6 is 11.8 Å². The molecule has 1 amide bonds. The van der Waals surface area contributed by atoms with Crippen molar-refractivity contribution < 1.29 is 24.4 Å². The van der Waals surface area contributed by atoms with Gasteiger partial charge in [0.25, 0.3) is 0 Å². The number of aromatic nitrogens is 1. The van der Waals surface area contributed by atoms with Gasteiger partial charge in [0, 0.05) is 35.6 Å². The maximum Gasteiger partial charge on any atom is 0.235 e. The largest absolute Gasteiger partial charge is 0.543 e. The summed E-state index contributed by atoms with van der Waals surface area (Å²) in [5, 5.41) is 21.2. The van der Waals surface area contributed by atoms with E-state index in [1.54, 1.807) is 6.92 Å². The van der Waals surface area contributed by atoms with E-state index in [0.29, 0.717) is 17.1 Å². The Morgan fingerprint density at radius 1 is 1.54 bits per heavy atom. The van der Waals surface area contributed by atoms with Crippen molar-refractivity contribution in [2.45, 2.75) is 38.2 Å². The number of hydrogen-bond acceptors (Lipinski definition) is 5. The van der Waals surface area contributed by atoms with Gasteiger partial charge in [0.2, 0.25) is 5.91 Å². The van der Waals surface area contributed by atoms with E-state index in [-0.39, 0.29) is 17.6 Å². The minimum Gasteiger partial charge on any atom is -0.543 e. The number of nitrogens with zero attached hydrogens (tertiary/aromatic N) is 2. The zero-order valence-electron chi connectivity index (χ0n) is 13.9. The number of pyridine rings is 1. The normalized spacial score (nSPS) is 24.0. The molecule has 0 aromatic carbocycles. The average molecular weight is 348 g/mol. The highest BCUT2D eigenvalue weighted by Gasteiger charge is 2.55. The van der Waals surface area contributed by atoms with Crippen molar-refractivity contribution >= 4 is 23.6 Å². The van der Waals surface area contributed by atoms with Crippen molar-refractivity contribution in [2.24, 2.45) is 13.0 Å². The molecule has 1 aromatic rings. The van der Waals surface area contributed by atoms with E-state index in [1.165, 1.54) is 16.7 Å². The monoisotopic (exact) mass is 348 g/mol. The number of aliphatic hydroxyl groups is 1. The number of hydrogen-bond donors (Lipinski definition) is 1. The van der Waals surface area contributed by atoms with E-state index < -0.39 is 18.0 Å². The van der Waals surface area contributed by atoms with Gasteiger partial charge in [-0.2, -0.15) is 0 Å². The van der Waals surface area contributed by atoms with Gasteiger partial charge in [-0.05, 0) is 13.0 Å². The summed E-state index contributed by atoms with van der Waals surface area (Å²) in [6.45, 7) is 3.58. The fourth-order valence-electron chi connectivity index (χ4n) is 3.34. The van der Waals surface area contributed by atoms with Gasteiger partial charge in [0.15, 0.2) is 11.9 Å². The molecule has 6 nitrogen and oxygen atoms in total. The number of rotatable bonds is 5. The van der Waals surface area contributed by atoms with Crippen molar-refractivity contribution in [1.82, 2.24) is 4.90 Å². The van der Waals surface area contributed by atoms with E-state index >= 15 is 0 Å². The average Bonchev–Trinajstić information content (AvgIpc) is 2.82. The fourth-order valence-corrected chi connectivity index (χ4v) is 4.46. The molecule has 3 heterocycles. The number of amides is 1. The molecule has 24 heavy (non-hydrogen) atoms. The van der Waals surface area contributed by atoms with Gasteiger partial charge in [-0.25, -0.2) is 4.57 Å². The minimum absolute atomic E-state index is 0.0246. The molecule has 1 saturated heterocycles. The van der Waals surface area contributed by atoms with Gasteiger partial charge >= 0.3 is 0 Å². The van der Waals surface area contributed by atoms with Crippen molar-refractivity contribution in [3.8, 4) is 0 Å². The third-order valence-corrected chi connectivity index (χ3v) is 5.94. The van der Waals surface area contributed by atoms with Crippen LogP contribution in [0.1, 0.15) is 24.6 Å². The molecule has 1 aromatic heterocycles. The Bertz CT molecular complexity index is 744. The quantitative estimate of drug-likeness (QED) is 0.580. The predicted molar refractivity (Wildman–Crippen MR) is 86.1 cm³/mol. The van der Waals surface area contributed by atoms with Crippen molar-refractivity contribution in [2.75, 3.05) is 0 Å². The van der Waals surface area contributed by atoms with Gasteiger partial charge in [-0.15, -0.1) is 11.8 Å². The first kappa shape index (κ1) is 17.0. The number of β-lactam (4-membered cyclic amide) rings is 1. The first-order valence-corrected chi connectivity index (χ1v) is 8.83.